The van der Waals surface area contributed by atoms with Crippen molar-refractivity contribution >= 4 is 23.9 Å². The Morgan fingerprint density at radius 2 is 1.00 bits per heavy atom. The summed E-state index contributed by atoms with van der Waals surface area (Å²) in [6.07, 6.45) is 0. The van der Waals surface area contributed by atoms with Crippen LogP contribution in [0.4, 0.5) is 0 Å². The van der Waals surface area contributed by atoms with Crippen LogP contribution in [0.15, 0.2) is 91.0 Å². The molecule has 3 aromatic rings. The van der Waals surface area contributed by atoms with E-state index in [9.17, 15) is 0 Å². The molecule has 0 unspecified atom stereocenters. The van der Waals surface area contributed by atoms with E-state index in [4.69, 9.17) is 9.16 Å². The van der Waals surface area contributed by atoms with E-state index >= 15 is 0 Å². The lowest BCUT2D eigenvalue weighted by molar-refractivity contribution is 0.110. The first-order valence-corrected chi connectivity index (χ1v) is 10.7. The Bertz CT molecular complexity index is 648. The first kappa shape index (κ1) is 17.6. The van der Waals surface area contributed by atoms with Crippen LogP contribution < -0.4 is 15.6 Å². The lowest BCUT2D eigenvalue weighted by atomic mass is 10.3. The molecule has 25 heavy (non-hydrogen) atoms. The van der Waals surface area contributed by atoms with Crippen molar-refractivity contribution in [3.63, 3.8) is 0 Å². The number of hydrogen-bond donors (Lipinski definition) is 0. The fourth-order valence-electron chi connectivity index (χ4n) is 3.17. The highest BCUT2D eigenvalue weighted by atomic mass is 28.4. The molecular weight excluding hydrogens is 324 g/mol. The molecule has 0 bridgehead atoms. The third-order valence-electron chi connectivity index (χ3n) is 4.29. The largest absolute Gasteiger partial charge is 0.402 e. The molecule has 0 fully saturated rings. The molecule has 0 N–H and O–H groups in total. The van der Waals surface area contributed by atoms with Crippen LogP contribution in [0.25, 0.3) is 0 Å². The second-order valence-electron chi connectivity index (χ2n) is 5.82. The summed E-state index contributed by atoms with van der Waals surface area (Å²) in [6, 6.07) is 31.8. The van der Waals surface area contributed by atoms with Gasteiger partial charge in [-0.2, -0.15) is 0 Å². The number of benzene rings is 3. The van der Waals surface area contributed by atoms with E-state index < -0.39 is 8.32 Å². The van der Waals surface area contributed by atoms with Gasteiger partial charge in [0.25, 0.3) is 8.32 Å². The molecule has 0 saturated heterocycles. The van der Waals surface area contributed by atoms with Gasteiger partial charge in [0.05, 0.1) is 13.2 Å². The Balaban J connectivity index is 2.13. The first-order valence-electron chi connectivity index (χ1n) is 8.76. The van der Waals surface area contributed by atoms with E-state index in [1.165, 1.54) is 15.6 Å². The molecule has 0 aliphatic heterocycles. The predicted octanol–water partition coefficient (Wildman–Crippen LogP) is 2.71. The molecule has 0 radical (unpaired) electrons. The summed E-state index contributed by atoms with van der Waals surface area (Å²) in [7, 11) is -2.55. The van der Waals surface area contributed by atoms with Crippen LogP contribution >= 0.6 is 0 Å². The Morgan fingerprint density at radius 3 is 1.36 bits per heavy atom. The van der Waals surface area contributed by atoms with Gasteiger partial charge in [-0.1, -0.05) is 91.0 Å². The van der Waals surface area contributed by atoms with E-state index in [2.05, 4.69) is 91.0 Å². The second kappa shape index (κ2) is 8.76. The minimum absolute atomic E-state index is 0.582. The van der Waals surface area contributed by atoms with Crippen molar-refractivity contribution in [2.24, 2.45) is 0 Å². The van der Waals surface area contributed by atoms with Crippen LogP contribution in [-0.4, -0.2) is 28.1 Å². The average Bonchev–Trinajstić information content (AvgIpc) is 2.70. The van der Waals surface area contributed by atoms with Gasteiger partial charge in [-0.25, -0.2) is 0 Å². The summed E-state index contributed by atoms with van der Waals surface area (Å²) in [5.41, 5.74) is 0. The van der Waals surface area contributed by atoms with E-state index in [-0.39, 0.29) is 0 Å². The minimum atomic E-state index is -2.55. The lowest BCUT2D eigenvalue weighted by Crippen LogP contribution is -2.69. The molecular formula is C22H24O2Si. The fraction of sp³-hybridized carbons (Fsp3) is 0.182. The maximum absolute atomic E-state index is 6.70. The van der Waals surface area contributed by atoms with Crippen LogP contribution in [0.3, 0.4) is 0 Å². The van der Waals surface area contributed by atoms with Gasteiger partial charge in [-0.15, -0.1) is 0 Å². The van der Waals surface area contributed by atoms with Crippen molar-refractivity contribution in [1.82, 2.24) is 0 Å². The van der Waals surface area contributed by atoms with E-state index in [0.717, 1.165) is 0 Å². The van der Waals surface area contributed by atoms with Gasteiger partial charge in [0.1, 0.15) is 0 Å². The van der Waals surface area contributed by atoms with Gasteiger partial charge in [0.2, 0.25) is 0 Å². The van der Waals surface area contributed by atoms with Crippen LogP contribution in [0, 0.1) is 0 Å². The minimum Gasteiger partial charge on any atom is -0.402 e. The topological polar surface area (TPSA) is 18.5 Å². The normalized spacial score (nSPS) is 11.4. The van der Waals surface area contributed by atoms with Crippen molar-refractivity contribution in [2.75, 3.05) is 19.8 Å². The number of ether oxygens (including phenoxy) is 1. The van der Waals surface area contributed by atoms with Crippen LogP contribution in [0.5, 0.6) is 0 Å². The molecule has 0 aliphatic carbocycles. The predicted molar refractivity (Wildman–Crippen MR) is 106 cm³/mol. The smallest absolute Gasteiger partial charge is 0.288 e. The Labute approximate surface area is 151 Å². The summed E-state index contributed by atoms with van der Waals surface area (Å²) in [6.45, 7) is 3.91. The van der Waals surface area contributed by atoms with E-state index in [1.54, 1.807) is 0 Å². The van der Waals surface area contributed by atoms with Crippen LogP contribution in [0.2, 0.25) is 0 Å². The van der Waals surface area contributed by atoms with Crippen molar-refractivity contribution < 1.29 is 9.16 Å². The van der Waals surface area contributed by atoms with Crippen molar-refractivity contribution in [2.45, 2.75) is 6.92 Å². The summed E-state index contributed by atoms with van der Waals surface area (Å²) in [5.74, 6) is 0. The zero-order chi connectivity index (χ0) is 17.4. The maximum Gasteiger partial charge on any atom is 0.288 e. The van der Waals surface area contributed by atoms with Crippen molar-refractivity contribution in [3.05, 3.63) is 91.0 Å². The number of hydrogen-bond acceptors (Lipinski definition) is 2. The van der Waals surface area contributed by atoms with Gasteiger partial charge in [0, 0.05) is 6.61 Å². The highest BCUT2D eigenvalue weighted by molar-refractivity contribution is 7.07. The Morgan fingerprint density at radius 1 is 0.600 bits per heavy atom. The molecule has 2 nitrogen and oxygen atoms in total. The molecule has 128 valence electrons. The quantitative estimate of drug-likeness (QED) is 0.354. The summed E-state index contributed by atoms with van der Waals surface area (Å²) in [4.78, 5) is 0. The number of rotatable bonds is 8. The SMILES string of the molecule is CCOCCO[Si](c1ccccc1)(c1ccccc1)c1ccccc1. The van der Waals surface area contributed by atoms with E-state index in [0.29, 0.717) is 19.8 Å². The highest BCUT2D eigenvalue weighted by Gasteiger charge is 2.41. The lowest BCUT2D eigenvalue weighted by Gasteiger charge is -2.33. The van der Waals surface area contributed by atoms with E-state index in [1.807, 2.05) is 6.92 Å². The third-order valence-corrected chi connectivity index (χ3v) is 8.37. The summed E-state index contributed by atoms with van der Waals surface area (Å²) in [5, 5.41) is 3.76. The second-order valence-corrected chi connectivity index (χ2v) is 9.21. The van der Waals surface area contributed by atoms with Gasteiger partial charge < -0.3 is 9.16 Å². The molecule has 0 heterocycles. The molecule has 0 spiro atoms. The third kappa shape index (κ3) is 3.90. The average molecular weight is 349 g/mol. The molecule has 0 amide bonds. The first-order chi connectivity index (χ1) is 12.4. The van der Waals surface area contributed by atoms with Gasteiger partial charge in [0.15, 0.2) is 0 Å². The molecule has 0 atom stereocenters. The maximum atomic E-state index is 6.70. The molecule has 0 aliphatic rings. The monoisotopic (exact) mass is 348 g/mol. The molecule has 3 heteroatoms. The molecule has 0 aromatic heterocycles. The van der Waals surface area contributed by atoms with Crippen LogP contribution in [-0.2, 0) is 9.16 Å². The zero-order valence-electron chi connectivity index (χ0n) is 14.6. The van der Waals surface area contributed by atoms with Crippen LogP contribution in [0.1, 0.15) is 6.92 Å². The zero-order valence-corrected chi connectivity index (χ0v) is 15.6. The van der Waals surface area contributed by atoms with Crippen molar-refractivity contribution in [3.8, 4) is 0 Å². The van der Waals surface area contributed by atoms with Crippen molar-refractivity contribution in [1.29, 1.82) is 0 Å². The van der Waals surface area contributed by atoms with Gasteiger partial charge in [-0.05, 0) is 22.5 Å². The van der Waals surface area contributed by atoms with Gasteiger partial charge in [-0.3, -0.25) is 0 Å². The Kier molecular flexibility index (Phi) is 6.18. The standard InChI is InChI=1S/C22H24O2Si/c1-2-23-18-19-24-25(20-12-6-3-7-13-20,21-14-8-4-9-15-21)22-16-10-5-11-17-22/h3-17H,2,18-19H2,1H3. The molecule has 0 saturated carbocycles. The highest BCUT2D eigenvalue weighted by Crippen LogP contribution is 2.09. The summed E-state index contributed by atoms with van der Waals surface area (Å²) < 4.78 is 12.2. The Hall–Kier alpha value is -2.20. The molecule has 3 aromatic carbocycles. The van der Waals surface area contributed by atoms with Gasteiger partial charge >= 0.3 is 0 Å². The fourth-order valence-corrected chi connectivity index (χ4v) is 7.04. The molecule has 3 rings (SSSR count). The summed E-state index contributed by atoms with van der Waals surface area (Å²) >= 11 is 0.